The van der Waals surface area contributed by atoms with Crippen LogP contribution in [0.4, 0.5) is 5.82 Å². The van der Waals surface area contributed by atoms with Crippen LogP contribution in [0.15, 0.2) is 48.9 Å². The van der Waals surface area contributed by atoms with E-state index in [0.29, 0.717) is 6.42 Å². The Morgan fingerprint density at radius 2 is 1.76 bits per heavy atom. The molecule has 2 saturated heterocycles. The van der Waals surface area contributed by atoms with Gasteiger partial charge in [-0.15, -0.1) is 0 Å². The van der Waals surface area contributed by atoms with Crippen LogP contribution in [-0.4, -0.2) is 69.1 Å². The highest BCUT2D eigenvalue weighted by molar-refractivity contribution is 5.81. The van der Waals surface area contributed by atoms with Crippen molar-refractivity contribution < 1.29 is 0 Å². The highest BCUT2D eigenvalue weighted by Gasteiger charge is 2.15. The number of aromatic nitrogens is 5. The van der Waals surface area contributed by atoms with Gasteiger partial charge < -0.3 is 15.2 Å². The predicted molar refractivity (Wildman–Crippen MR) is 134 cm³/mol. The van der Waals surface area contributed by atoms with E-state index in [1.165, 1.54) is 18.4 Å². The van der Waals surface area contributed by atoms with Crippen molar-refractivity contribution >= 4 is 16.9 Å². The van der Waals surface area contributed by atoms with Crippen molar-refractivity contribution in [3.8, 4) is 11.3 Å². The third kappa shape index (κ3) is 4.64. The average Bonchev–Trinajstić information content (AvgIpc) is 3.55. The summed E-state index contributed by atoms with van der Waals surface area (Å²) in [6.45, 7) is 7.43. The molecule has 0 atom stereocenters. The molecular formula is C26H30N8. The highest BCUT2D eigenvalue weighted by atomic mass is 15.2. The van der Waals surface area contributed by atoms with Gasteiger partial charge in [-0.25, -0.2) is 15.0 Å². The minimum absolute atomic E-state index is 0.687. The Bertz CT molecular complexity index is 1270. The van der Waals surface area contributed by atoms with Crippen LogP contribution in [0.25, 0.3) is 22.3 Å². The Morgan fingerprint density at radius 3 is 2.65 bits per heavy atom. The maximum Gasteiger partial charge on any atom is 0.132 e. The lowest BCUT2D eigenvalue weighted by Crippen LogP contribution is -2.42. The molecule has 34 heavy (non-hydrogen) atoms. The van der Waals surface area contributed by atoms with Crippen LogP contribution in [0.5, 0.6) is 0 Å². The maximum atomic E-state index is 4.81. The van der Waals surface area contributed by atoms with E-state index in [1.54, 1.807) is 6.33 Å². The molecule has 174 valence electrons. The van der Waals surface area contributed by atoms with E-state index in [1.807, 2.05) is 6.20 Å². The molecule has 0 aliphatic carbocycles. The van der Waals surface area contributed by atoms with Gasteiger partial charge in [0.05, 0.1) is 16.7 Å². The van der Waals surface area contributed by atoms with Crippen molar-refractivity contribution in [1.82, 2.24) is 35.1 Å². The summed E-state index contributed by atoms with van der Waals surface area (Å²) >= 11 is 0. The molecule has 6 rings (SSSR count). The molecule has 8 nitrogen and oxygen atoms in total. The molecule has 2 aliphatic rings. The van der Waals surface area contributed by atoms with Crippen molar-refractivity contribution in [3.05, 3.63) is 66.0 Å². The first kappa shape index (κ1) is 21.2. The number of hydrogen-bond acceptors (Lipinski definition) is 7. The number of nitrogens with one attached hydrogen (secondary N) is 2. The summed E-state index contributed by atoms with van der Waals surface area (Å²) in [5.41, 5.74) is 6.34. The summed E-state index contributed by atoms with van der Waals surface area (Å²) in [6, 6.07) is 12.7. The fourth-order valence-electron chi connectivity index (χ4n) is 4.95. The van der Waals surface area contributed by atoms with Gasteiger partial charge in [-0.2, -0.15) is 0 Å². The smallest absolute Gasteiger partial charge is 0.132 e. The second-order valence-corrected chi connectivity index (χ2v) is 9.23. The normalized spacial score (nSPS) is 17.0. The Hall–Kier alpha value is -3.36. The number of piperazine rings is 1. The number of fused-ring (bicyclic) bond motifs is 1. The first-order chi connectivity index (χ1) is 16.8. The summed E-state index contributed by atoms with van der Waals surface area (Å²) in [5, 5.41) is 3.41. The first-order valence-corrected chi connectivity index (χ1v) is 12.2. The first-order valence-electron chi connectivity index (χ1n) is 12.2. The van der Waals surface area contributed by atoms with E-state index in [9.17, 15) is 0 Å². The molecule has 0 spiro atoms. The van der Waals surface area contributed by atoms with Gasteiger partial charge in [-0.05, 0) is 42.7 Å². The molecule has 2 fully saturated rings. The number of rotatable bonds is 6. The molecular weight excluding hydrogens is 424 g/mol. The zero-order valence-electron chi connectivity index (χ0n) is 19.4. The molecule has 0 radical (unpaired) electrons. The minimum atomic E-state index is 0.687. The number of H-pyrrole nitrogens is 1. The van der Waals surface area contributed by atoms with E-state index >= 15 is 0 Å². The molecule has 2 aliphatic heterocycles. The number of hydrogen-bond donors (Lipinski definition) is 2. The number of pyridine rings is 1. The molecule has 3 aromatic heterocycles. The van der Waals surface area contributed by atoms with Crippen LogP contribution in [0.2, 0.25) is 0 Å². The molecule has 0 bridgehead atoms. The standard InChI is InChI=1S/C26H30N8/c1-2-10-34(9-1)26-16-23(29-18-30-26)20-3-4-22-24(14-20)32-25(31-22)15-21-13-19(5-6-28-21)17-33-11-7-27-8-12-33/h3-6,13-14,16,18,27H,1-2,7-12,15,17H2,(H,31,32). The predicted octanol–water partition coefficient (Wildman–Crippen LogP) is 3.01. The molecule has 4 aromatic rings. The van der Waals surface area contributed by atoms with Gasteiger partial charge in [0.15, 0.2) is 0 Å². The van der Waals surface area contributed by atoms with Gasteiger partial charge in [-0.3, -0.25) is 9.88 Å². The van der Waals surface area contributed by atoms with Gasteiger partial charge in [0.2, 0.25) is 0 Å². The molecule has 1 aromatic carbocycles. The second-order valence-electron chi connectivity index (χ2n) is 9.23. The van der Waals surface area contributed by atoms with Crippen molar-refractivity contribution in [2.45, 2.75) is 25.8 Å². The van der Waals surface area contributed by atoms with Crippen molar-refractivity contribution in [2.24, 2.45) is 0 Å². The molecule has 8 heteroatoms. The van der Waals surface area contributed by atoms with Gasteiger partial charge in [0.1, 0.15) is 18.0 Å². The topological polar surface area (TPSA) is 85.9 Å². The summed E-state index contributed by atoms with van der Waals surface area (Å²) in [7, 11) is 0. The van der Waals surface area contributed by atoms with Crippen LogP contribution in [0.1, 0.15) is 29.9 Å². The Morgan fingerprint density at radius 1 is 0.882 bits per heavy atom. The lowest BCUT2D eigenvalue weighted by molar-refractivity contribution is 0.233. The minimum Gasteiger partial charge on any atom is -0.357 e. The quantitative estimate of drug-likeness (QED) is 0.463. The van der Waals surface area contributed by atoms with Crippen LogP contribution >= 0.6 is 0 Å². The lowest BCUT2D eigenvalue weighted by atomic mass is 10.1. The zero-order chi connectivity index (χ0) is 22.7. The third-order valence-electron chi connectivity index (χ3n) is 6.75. The van der Waals surface area contributed by atoms with E-state index in [4.69, 9.17) is 4.98 Å². The van der Waals surface area contributed by atoms with Crippen LogP contribution in [-0.2, 0) is 13.0 Å². The van der Waals surface area contributed by atoms with Gasteiger partial charge in [-0.1, -0.05) is 6.07 Å². The second kappa shape index (κ2) is 9.48. The average molecular weight is 455 g/mol. The van der Waals surface area contributed by atoms with E-state index in [-0.39, 0.29) is 0 Å². The molecule has 2 N–H and O–H groups in total. The number of anilines is 1. The van der Waals surface area contributed by atoms with Crippen molar-refractivity contribution in [3.63, 3.8) is 0 Å². The molecule has 0 amide bonds. The largest absolute Gasteiger partial charge is 0.357 e. The number of aromatic amines is 1. The van der Waals surface area contributed by atoms with Gasteiger partial charge in [0.25, 0.3) is 0 Å². The summed E-state index contributed by atoms with van der Waals surface area (Å²) in [4.78, 5) is 26.7. The van der Waals surface area contributed by atoms with E-state index in [2.05, 4.69) is 71.5 Å². The van der Waals surface area contributed by atoms with Crippen molar-refractivity contribution in [1.29, 1.82) is 0 Å². The van der Waals surface area contributed by atoms with Gasteiger partial charge in [0, 0.05) is 75.8 Å². The Labute approximate surface area is 199 Å². The lowest BCUT2D eigenvalue weighted by Gasteiger charge is -2.27. The van der Waals surface area contributed by atoms with E-state index in [0.717, 1.165) is 85.4 Å². The van der Waals surface area contributed by atoms with Crippen LogP contribution in [0.3, 0.4) is 0 Å². The van der Waals surface area contributed by atoms with Crippen LogP contribution in [0, 0.1) is 0 Å². The monoisotopic (exact) mass is 454 g/mol. The fraction of sp³-hybridized carbons (Fsp3) is 0.385. The van der Waals surface area contributed by atoms with Gasteiger partial charge >= 0.3 is 0 Å². The number of imidazole rings is 1. The highest BCUT2D eigenvalue weighted by Crippen LogP contribution is 2.26. The Balaban J connectivity index is 1.20. The Kier molecular flexibility index (Phi) is 5.91. The fourth-order valence-corrected chi connectivity index (χ4v) is 4.95. The summed E-state index contributed by atoms with van der Waals surface area (Å²) in [6.07, 6.45) is 6.74. The summed E-state index contributed by atoms with van der Waals surface area (Å²) < 4.78 is 0. The molecule has 0 saturated carbocycles. The van der Waals surface area contributed by atoms with Crippen LogP contribution < -0.4 is 10.2 Å². The third-order valence-corrected chi connectivity index (χ3v) is 6.75. The number of benzene rings is 1. The molecule has 0 unspecified atom stereocenters. The van der Waals surface area contributed by atoms with Crippen molar-refractivity contribution in [2.75, 3.05) is 44.2 Å². The molecule has 5 heterocycles. The SMILES string of the molecule is c1cc(CN2CCNCC2)cc(Cc2nc3ccc(-c4cc(N5CCCC5)ncn4)cc3[nH]2)n1. The summed E-state index contributed by atoms with van der Waals surface area (Å²) in [5.74, 6) is 1.94. The zero-order valence-corrected chi connectivity index (χ0v) is 19.4. The maximum absolute atomic E-state index is 4.81. The number of nitrogens with zero attached hydrogens (tertiary/aromatic N) is 6. The van der Waals surface area contributed by atoms with E-state index < -0.39 is 0 Å².